The highest BCUT2D eigenvalue weighted by atomic mass is 32.2. The molecule has 1 aliphatic carbocycles. The molecule has 0 saturated heterocycles. The van der Waals surface area contributed by atoms with Gasteiger partial charge in [-0.25, -0.2) is 22.9 Å². The lowest BCUT2D eigenvalue weighted by Gasteiger charge is -2.26. The van der Waals surface area contributed by atoms with Gasteiger partial charge in [-0.1, -0.05) is 19.8 Å². The van der Waals surface area contributed by atoms with Crippen molar-refractivity contribution < 1.29 is 12.8 Å². The van der Waals surface area contributed by atoms with Gasteiger partial charge in [-0.2, -0.15) is 0 Å². The van der Waals surface area contributed by atoms with Gasteiger partial charge in [-0.05, 0) is 43.0 Å². The van der Waals surface area contributed by atoms with E-state index in [2.05, 4.69) is 11.9 Å². The largest absolute Gasteiger partial charge is 0.303 e. The Kier molecular flexibility index (Phi) is 4.73. The maximum atomic E-state index is 13.1. The zero-order chi connectivity index (χ0) is 17.3. The Hall–Kier alpha value is -1.73. The molecule has 0 bridgehead atoms. The third kappa shape index (κ3) is 3.52. The quantitative estimate of drug-likeness (QED) is 0.918. The number of benzene rings is 1. The number of hydrogen-bond acceptors (Lipinski definition) is 3. The molecule has 1 aromatic heterocycles. The van der Waals surface area contributed by atoms with Crippen LogP contribution in [0.4, 0.5) is 4.39 Å². The number of imidazole rings is 1. The first-order chi connectivity index (χ1) is 11.4. The van der Waals surface area contributed by atoms with Crippen molar-refractivity contribution in [3.05, 3.63) is 42.0 Å². The topological polar surface area (TPSA) is 78.0 Å². The summed E-state index contributed by atoms with van der Waals surface area (Å²) in [5.74, 6) is 1.79. The van der Waals surface area contributed by atoms with Gasteiger partial charge in [0.2, 0.25) is 10.0 Å². The zero-order valence-electron chi connectivity index (χ0n) is 13.7. The summed E-state index contributed by atoms with van der Waals surface area (Å²) in [6, 6.07) is 6.29. The highest BCUT2D eigenvalue weighted by Crippen LogP contribution is 2.36. The first-order valence-electron chi connectivity index (χ1n) is 8.16. The van der Waals surface area contributed by atoms with E-state index in [9.17, 15) is 12.8 Å². The number of sulfonamides is 1. The molecule has 2 N–H and O–H groups in total. The van der Waals surface area contributed by atoms with E-state index in [1.165, 1.54) is 18.6 Å². The monoisotopic (exact) mass is 351 g/mol. The van der Waals surface area contributed by atoms with E-state index in [4.69, 9.17) is 5.14 Å². The lowest BCUT2D eigenvalue weighted by Crippen LogP contribution is -2.16. The van der Waals surface area contributed by atoms with Crippen LogP contribution in [-0.2, 0) is 16.7 Å². The Balaban J connectivity index is 1.99. The van der Waals surface area contributed by atoms with Gasteiger partial charge in [0.15, 0.2) is 0 Å². The lowest BCUT2D eigenvalue weighted by molar-refractivity contribution is 0.333. The highest BCUT2D eigenvalue weighted by Gasteiger charge is 2.25. The van der Waals surface area contributed by atoms with Crippen molar-refractivity contribution >= 4 is 10.0 Å². The summed E-state index contributed by atoms with van der Waals surface area (Å²) in [7, 11) is -3.72. The molecule has 0 amide bonds. The second-order valence-corrected chi connectivity index (χ2v) is 8.16. The summed E-state index contributed by atoms with van der Waals surface area (Å²) in [5, 5.41) is 5.14. The molecule has 130 valence electrons. The fourth-order valence-electron chi connectivity index (χ4n) is 3.47. The maximum absolute atomic E-state index is 13.1. The van der Waals surface area contributed by atoms with E-state index >= 15 is 0 Å². The minimum atomic E-state index is -3.72. The Morgan fingerprint density at radius 1 is 1.29 bits per heavy atom. The van der Waals surface area contributed by atoms with E-state index in [-0.39, 0.29) is 4.90 Å². The van der Waals surface area contributed by atoms with Gasteiger partial charge in [0.1, 0.15) is 12.5 Å². The number of nitrogens with zero attached hydrogens (tertiary/aromatic N) is 2. The second kappa shape index (κ2) is 6.64. The summed E-state index contributed by atoms with van der Waals surface area (Å²) < 4.78 is 37.8. The van der Waals surface area contributed by atoms with Crippen LogP contribution in [0.1, 0.15) is 50.0 Å². The molecule has 0 spiro atoms. The second-order valence-electron chi connectivity index (χ2n) is 6.60. The van der Waals surface area contributed by atoms with Gasteiger partial charge in [-0.15, -0.1) is 0 Å². The predicted molar refractivity (Wildman–Crippen MR) is 90.1 cm³/mol. The summed E-state index contributed by atoms with van der Waals surface area (Å²) in [5.41, 5.74) is 1.17. The van der Waals surface area contributed by atoms with Crippen molar-refractivity contribution in [3.63, 3.8) is 0 Å². The van der Waals surface area contributed by atoms with E-state index in [0.717, 1.165) is 30.8 Å². The Bertz CT molecular complexity index is 815. The van der Waals surface area contributed by atoms with Crippen molar-refractivity contribution in [1.82, 2.24) is 9.55 Å². The zero-order valence-corrected chi connectivity index (χ0v) is 14.5. The van der Waals surface area contributed by atoms with Crippen LogP contribution in [-0.4, -0.2) is 18.0 Å². The van der Waals surface area contributed by atoms with Gasteiger partial charge >= 0.3 is 0 Å². The summed E-state index contributed by atoms with van der Waals surface area (Å²) >= 11 is 0. The SMILES string of the molecule is CC1CCCC(c2nc(CF)cn2-c2ccc(S(N)(=O)=O)cc2)C1. The van der Waals surface area contributed by atoms with Crippen molar-refractivity contribution in [2.45, 2.75) is 50.1 Å². The summed E-state index contributed by atoms with van der Waals surface area (Å²) in [6.45, 7) is 1.62. The Morgan fingerprint density at radius 2 is 2.00 bits per heavy atom. The normalized spacial score (nSPS) is 21.8. The first kappa shape index (κ1) is 17.1. The van der Waals surface area contributed by atoms with Crippen LogP contribution >= 0.6 is 0 Å². The summed E-state index contributed by atoms with van der Waals surface area (Å²) in [6.07, 6.45) is 6.14. The third-order valence-electron chi connectivity index (χ3n) is 4.66. The molecule has 1 aliphatic rings. The molecule has 1 heterocycles. The van der Waals surface area contributed by atoms with Gasteiger partial charge in [0.25, 0.3) is 0 Å². The fraction of sp³-hybridized carbons (Fsp3) is 0.471. The average Bonchev–Trinajstić information content (AvgIpc) is 2.98. The highest BCUT2D eigenvalue weighted by molar-refractivity contribution is 7.89. The third-order valence-corrected chi connectivity index (χ3v) is 5.59. The molecule has 0 aliphatic heterocycles. The van der Waals surface area contributed by atoms with Crippen LogP contribution in [0.2, 0.25) is 0 Å². The number of primary sulfonamides is 1. The number of hydrogen-bond donors (Lipinski definition) is 1. The fourth-order valence-corrected chi connectivity index (χ4v) is 3.98. The molecule has 7 heteroatoms. The van der Waals surface area contributed by atoms with Gasteiger partial charge in [0.05, 0.1) is 10.6 Å². The van der Waals surface area contributed by atoms with Crippen molar-refractivity contribution in [2.75, 3.05) is 0 Å². The van der Waals surface area contributed by atoms with Crippen LogP contribution in [0, 0.1) is 5.92 Å². The molecule has 0 radical (unpaired) electrons. The molecule has 1 aromatic carbocycles. The molecule has 1 fully saturated rings. The lowest BCUT2D eigenvalue weighted by atomic mass is 9.82. The van der Waals surface area contributed by atoms with E-state index in [1.54, 1.807) is 18.3 Å². The van der Waals surface area contributed by atoms with Crippen molar-refractivity contribution in [2.24, 2.45) is 11.1 Å². The Morgan fingerprint density at radius 3 is 2.58 bits per heavy atom. The van der Waals surface area contributed by atoms with E-state index in [1.807, 2.05) is 4.57 Å². The molecule has 2 aromatic rings. The minimum absolute atomic E-state index is 0.0601. The minimum Gasteiger partial charge on any atom is -0.303 e. The van der Waals surface area contributed by atoms with Crippen LogP contribution in [0.3, 0.4) is 0 Å². The van der Waals surface area contributed by atoms with E-state index < -0.39 is 16.7 Å². The number of nitrogens with two attached hydrogens (primary N) is 1. The molecule has 2 unspecified atom stereocenters. The molecule has 1 saturated carbocycles. The van der Waals surface area contributed by atoms with Crippen LogP contribution < -0.4 is 5.14 Å². The van der Waals surface area contributed by atoms with Crippen LogP contribution in [0.25, 0.3) is 5.69 Å². The van der Waals surface area contributed by atoms with E-state index in [0.29, 0.717) is 17.5 Å². The number of halogens is 1. The number of aromatic nitrogens is 2. The predicted octanol–water partition coefficient (Wildman–Crippen LogP) is 3.28. The molecular formula is C17H22FN3O2S. The van der Waals surface area contributed by atoms with Crippen LogP contribution in [0.5, 0.6) is 0 Å². The standard InChI is InChI=1S/C17H22FN3O2S/c1-12-3-2-4-13(9-12)17-20-14(10-18)11-21(17)15-5-7-16(8-6-15)24(19,22)23/h5-8,11-13H,2-4,9-10H2,1H3,(H2,19,22,23). The average molecular weight is 351 g/mol. The van der Waals surface area contributed by atoms with Crippen molar-refractivity contribution in [1.29, 1.82) is 0 Å². The first-order valence-corrected chi connectivity index (χ1v) is 9.70. The molecule has 24 heavy (non-hydrogen) atoms. The van der Waals surface area contributed by atoms with Gasteiger partial charge in [0, 0.05) is 17.8 Å². The number of rotatable bonds is 4. The molecule has 3 rings (SSSR count). The van der Waals surface area contributed by atoms with Gasteiger partial charge in [-0.3, -0.25) is 0 Å². The molecular weight excluding hydrogens is 329 g/mol. The number of alkyl halides is 1. The summed E-state index contributed by atoms with van der Waals surface area (Å²) in [4.78, 5) is 4.54. The maximum Gasteiger partial charge on any atom is 0.238 e. The molecule has 5 nitrogen and oxygen atoms in total. The van der Waals surface area contributed by atoms with Crippen molar-refractivity contribution in [3.8, 4) is 5.69 Å². The van der Waals surface area contributed by atoms with Crippen LogP contribution in [0.15, 0.2) is 35.4 Å². The molecule has 2 atom stereocenters. The smallest absolute Gasteiger partial charge is 0.238 e. The Labute approximate surface area is 141 Å². The van der Waals surface area contributed by atoms with Gasteiger partial charge < -0.3 is 4.57 Å².